The number of aromatic nitrogens is 2. The molecule has 1 spiro atoms. The minimum absolute atomic E-state index is 0.173. The number of nitrogens with one attached hydrogen (secondary N) is 1. The summed E-state index contributed by atoms with van der Waals surface area (Å²) >= 11 is 6.05. The third kappa shape index (κ3) is 3.13. The summed E-state index contributed by atoms with van der Waals surface area (Å²) in [5.41, 5.74) is 0.659. The van der Waals surface area contributed by atoms with Gasteiger partial charge in [0, 0.05) is 11.6 Å². The first-order valence-corrected chi connectivity index (χ1v) is 13.3. The van der Waals surface area contributed by atoms with E-state index in [-0.39, 0.29) is 34.1 Å². The third-order valence-corrected chi connectivity index (χ3v) is 8.54. The van der Waals surface area contributed by atoms with Gasteiger partial charge < -0.3 is 0 Å². The van der Waals surface area contributed by atoms with Gasteiger partial charge in [-0.2, -0.15) is 0 Å². The molecule has 3 aliphatic heterocycles. The minimum atomic E-state index is -1.21. The van der Waals surface area contributed by atoms with Gasteiger partial charge >= 0.3 is 0 Å². The Morgan fingerprint density at radius 3 is 2.54 bits per heavy atom. The number of anilines is 1. The lowest BCUT2D eigenvalue weighted by atomic mass is 9.75. The van der Waals surface area contributed by atoms with Gasteiger partial charge in [-0.1, -0.05) is 55.8 Å². The molecular formula is C30H24ClFN4O3. The van der Waals surface area contributed by atoms with E-state index in [0.29, 0.717) is 28.8 Å². The molecule has 3 aromatic carbocycles. The third-order valence-electron chi connectivity index (χ3n) is 8.25. The highest BCUT2D eigenvalue weighted by Crippen LogP contribution is 2.56. The van der Waals surface area contributed by atoms with Crippen molar-refractivity contribution >= 4 is 40.0 Å². The van der Waals surface area contributed by atoms with Crippen LogP contribution in [0.4, 0.5) is 10.1 Å². The lowest BCUT2D eigenvalue weighted by Crippen LogP contribution is -2.50. The number of halogens is 2. The Morgan fingerprint density at radius 2 is 1.77 bits per heavy atom. The molecule has 4 aromatic rings. The number of carbonyl (C=O) groups excluding carboxylic acids is 2. The molecule has 0 aliphatic carbocycles. The largest absolute Gasteiger partial charge is 0.297 e. The predicted molar refractivity (Wildman–Crippen MR) is 145 cm³/mol. The van der Waals surface area contributed by atoms with Gasteiger partial charge in [-0.3, -0.25) is 24.3 Å². The van der Waals surface area contributed by atoms with E-state index in [9.17, 15) is 18.8 Å². The fourth-order valence-corrected chi connectivity index (χ4v) is 6.98. The van der Waals surface area contributed by atoms with Crippen LogP contribution in [0.3, 0.4) is 0 Å². The van der Waals surface area contributed by atoms with E-state index >= 15 is 0 Å². The number of fused-ring (bicyclic) bond motifs is 8. The standard InChI is InChI=1S/C30H24ClFN4O3/c1-15(2)13-22-24-25(28(39)35(27(24)38)16-11-12-20(32)19(31)14-16)30(34-22)18-8-4-6-10-23(18)36-26(37)17-7-3-5-9-21(17)33-29(30)36/h3-12,14-15,22,24-25,34H,13H2,1-2H3/t22-,24+,25-,30+/m1/s1. The number of amides is 2. The van der Waals surface area contributed by atoms with Crippen molar-refractivity contribution in [1.82, 2.24) is 14.9 Å². The molecule has 1 N–H and O–H groups in total. The number of rotatable bonds is 3. The Balaban J connectivity index is 1.51. The maximum atomic E-state index is 14.4. The lowest BCUT2D eigenvalue weighted by Gasteiger charge is -2.32. The SMILES string of the molecule is CC(C)C[C@H]1N[C@@]2(c3ccccc3-n3c2nc2ccccc2c3=O)[C@H]2C(=O)N(c3ccc(F)c(Cl)c3)C(=O)[C@@H]12. The second-order valence-corrected chi connectivity index (χ2v) is 11.3. The van der Waals surface area contributed by atoms with Crippen LogP contribution in [0.25, 0.3) is 16.6 Å². The van der Waals surface area contributed by atoms with Crippen LogP contribution in [0.5, 0.6) is 0 Å². The molecular weight excluding hydrogens is 519 g/mol. The number of hydrogen-bond donors (Lipinski definition) is 1. The molecule has 2 fully saturated rings. The molecule has 3 aliphatic rings. The van der Waals surface area contributed by atoms with E-state index in [2.05, 4.69) is 19.2 Å². The summed E-state index contributed by atoms with van der Waals surface area (Å²) in [7, 11) is 0. The predicted octanol–water partition coefficient (Wildman–Crippen LogP) is 4.56. The average Bonchev–Trinajstić information content (AvgIpc) is 3.49. The highest BCUT2D eigenvalue weighted by Gasteiger charge is 2.69. The Bertz CT molecular complexity index is 1790. The van der Waals surface area contributed by atoms with Gasteiger partial charge in [-0.05, 0) is 48.7 Å². The lowest BCUT2D eigenvalue weighted by molar-refractivity contribution is -0.123. The fraction of sp³-hybridized carbons (Fsp3) is 0.267. The molecule has 4 atom stereocenters. The summed E-state index contributed by atoms with van der Waals surface area (Å²) in [4.78, 5) is 48.4. The number of hydrogen-bond acceptors (Lipinski definition) is 5. The second kappa shape index (κ2) is 8.31. The molecule has 4 heterocycles. The van der Waals surface area contributed by atoms with Crippen LogP contribution in [0.15, 0.2) is 71.5 Å². The van der Waals surface area contributed by atoms with Crippen LogP contribution < -0.4 is 15.8 Å². The van der Waals surface area contributed by atoms with E-state index < -0.39 is 29.1 Å². The first kappa shape index (κ1) is 24.2. The molecule has 0 bridgehead atoms. The van der Waals surface area contributed by atoms with Crippen molar-refractivity contribution < 1.29 is 14.0 Å². The van der Waals surface area contributed by atoms with E-state index in [4.69, 9.17) is 16.6 Å². The van der Waals surface area contributed by atoms with Crippen LogP contribution in [0.2, 0.25) is 5.02 Å². The molecule has 9 heteroatoms. The zero-order valence-electron chi connectivity index (χ0n) is 21.2. The Morgan fingerprint density at radius 1 is 1.03 bits per heavy atom. The first-order chi connectivity index (χ1) is 18.7. The van der Waals surface area contributed by atoms with E-state index in [1.54, 1.807) is 22.8 Å². The molecule has 196 valence electrons. The van der Waals surface area contributed by atoms with Crippen molar-refractivity contribution in [1.29, 1.82) is 0 Å². The van der Waals surface area contributed by atoms with Crippen LogP contribution >= 0.6 is 11.6 Å². The summed E-state index contributed by atoms with van der Waals surface area (Å²) < 4.78 is 15.6. The van der Waals surface area contributed by atoms with Gasteiger partial charge in [0.2, 0.25) is 11.8 Å². The summed E-state index contributed by atoms with van der Waals surface area (Å²) in [6.45, 7) is 4.13. The maximum Gasteiger partial charge on any atom is 0.266 e. The van der Waals surface area contributed by atoms with E-state index in [0.717, 1.165) is 16.5 Å². The van der Waals surface area contributed by atoms with Gasteiger partial charge in [0.15, 0.2) is 0 Å². The highest BCUT2D eigenvalue weighted by molar-refractivity contribution is 6.31. The van der Waals surface area contributed by atoms with E-state index in [1.807, 2.05) is 30.3 Å². The molecule has 39 heavy (non-hydrogen) atoms. The van der Waals surface area contributed by atoms with Crippen molar-refractivity contribution in [2.24, 2.45) is 17.8 Å². The highest BCUT2D eigenvalue weighted by atomic mass is 35.5. The number of benzene rings is 3. The molecule has 7 rings (SSSR count). The van der Waals surface area contributed by atoms with Crippen molar-refractivity contribution in [2.75, 3.05) is 4.90 Å². The van der Waals surface area contributed by atoms with Crippen LogP contribution in [0, 0.1) is 23.6 Å². The topological polar surface area (TPSA) is 84.3 Å². The Labute approximate surface area is 228 Å². The van der Waals surface area contributed by atoms with Crippen molar-refractivity contribution in [3.05, 3.63) is 99.3 Å². The van der Waals surface area contributed by atoms with Crippen molar-refractivity contribution in [2.45, 2.75) is 31.8 Å². The van der Waals surface area contributed by atoms with Crippen LogP contribution in [-0.2, 0) is 15.1 Å². The molecule has 0 radical (unpaired) electrons. The molecule has 0 saturated carbocycles. The second-order valence-electron chi connectivity index (χ2n) is 10.9. The summed E-state index contributed by atoms with van der Waals surface area (Å²) in [5, 5.41) is 3.98. The smallest absolute Gasteiger partial charge is 0.266 e. The minimum Gasteiger partial charge on any atom is -0.297 e. The number of imide groups is 1. The average molecular weight is 543 g/mol. The zero-order valence-corrected chi connectivity index (χ0v) is 21.9. The van der Waals surface area contributed by atoms with Gasteiger partial charge in [-0.25, -0.2) is 14.3 Å². The number of carbonyl (C=O) groups is 2. The maximum absolute atomic E-state index is 14.4. The summed E-state index contributed by atoms with van der Waals surface area (Å²) in [5.74, 6) is -2.41. The first-order valence-electron chi connectivity index (χ1n) is 13.0. The molecule has 7 nitrogen and oxygen atoms in total. The molecule has 1 aromatic heterocycles. The van der Waals surface area contributed by atoms with Gasteiger partial charge in [0.1, 0.15) is 17.2 Å². The normalized spacial score (nSPS) is 25.2. The van der Waals surface area contributed by atoms with Crippen LogP contribution in [0.1, 0.15) is 31.7 Å². The van der Waals surface area contributed by atoms with Gasteiger partial charge in [0.05, 0.1) is 39.1 Å². The van der Waals surface area contributed by atoms with E-state index in [1.165, 1.54) is 12.1 Å². The molecule has 0 unspecified atom stereocenters. The van der Waals surface area contributed by atoms with Crippen LogP contribution in [-0.4, -0.2) is 27.4 Å². The fourth-order valence-electron chi connectivity index (χ4n) is 6.81. The Kier molecular flexibility index (Phi) is 5.15. The van der Waals surface area contributed by atoms with Crippen molar-refractivity contribution in [3.8, 4) is 5.69 Å². The quantitative estimate of drug-likeness (QED) is 0.384. The summed E-state index contributed by atoms with van der Waals surface area (Å²) in [6, 6.07) is 18.1. The Hall–Kier alpha value is -3.88. The van der Waals surface area contributed by atoms with Gasteiger partial charge in [0.25, 0.3) is 5.56 Å². The summed E-state index contributed by atoms with van der Waals surface area (Å²) in [6.07, 6.45) is 0.625. The monoisotopic (exact) mass is 542 g/mol. The zero-order chi connectivity index (χ0) is 27.2. The van der Waals surface area contributed by atoms with Gasteiger partial charge in [-0.15, -0.1) is 0 Å². The number of nitrogens with zero attached hydrogens (tertiary/aromatic N) is 3. The molecule has 2 saturated heterocycles. The molecule has 2 amide bonds. The number of para-hydroxylation sites is 2. The van der Waals surface area contributed by atoms with Crippen molar-refractivity contribution in [3.63, 3.8) is 0 Å².